The van der Waals surface area contributed by atoms with Crippen molar-refractivity contribution < 1.29 is 18.2 Å². The molecule has 1 heterocycles. The Labute approximate surface area is 113 Å². The quantitative estimate of drug-likeness (QED) is 0.310. The molecule has 5 N–H and O–H groups in total. The number of anilines is 2. The van der Waals surface area contributed by atoms with Crippen LogP contribution >= 0.6 is 0 Å². The number of hydrogen-bond donors (Lipinski definition) is 5. The summed E-state index contributed by atoms with van der Waals surface area (Å²) < 4.78 is 29.8. The van der Waals surface area contributed by atoms with E-state index in [0.29, 0.717) is 16.5 Å². The summed E-state index contributed by atoms with van der Waals surface area (Å²) in [7, 11) is -4.03. The van der Waals surface area contributed by atoms with Crippen LogP contribution in [0, 0.1) is 4.91 Å². The molecule has 0 spiro atoms. The molecular weight excluding hydrogens is 288 g/mol. The third-order valence-corrected chi connectivity index (χ3v) is 3.40. The lowest BCUT2D eigenvalue weighted by Gasteiger charge is -2.05. The molecule has 2 aromatic rings. The number of aromatic amines is 1. The minimum absolute atomic E-state index is 0.0176. The average molecular weight is 300 g/mol. The molecule has 0 radical (unpaired) electrons. The molecule has 0 saturated carbocycles. The first kappa shape index (κ1) is 14.2. The van der Waals surface area contributed by atoms with E-state index in [2.05, 4.69) is 15.5 Å². The highest BCUT2D eigenvalue weighted by Gasteiger charge is 2.11. The van der Waals surface area contributed by atoms with Crippen LogP contribution < -0.4 is 10.8 Å². The van der Waals surface area contributed by atoms with E-state index in [4.69, 9.17) is 9.76 Å². The van der Waals surface area contributed by atoms with Gasteiger partial charge in [-0.05, 0) is 23.4 Å². The van der Waals surface area contributed by atoms with Gasteiger partial charge in [0.15, 0.2) is 5.82 Å². The smallest absolute Gasteiger partial charge is 0.266 e. The molecule has 1 aromatic heterocycles. The van der Waals surface area contributed by atoms with Crippen LogP contribution in [0.25, 0.3) is 10.8 Å². The zero-order valence-electron chi connectivity index (χ0n) is 10.1. The number of benzene rings is 1. The van der Waals surface area contributed by atoms with E-state index in [9.17, 15) is 13.3 Å². The maximum atomic E-state index is 10.7. The second-order valence-electron chi connectivity index (χ2n) is 4.02. The van der Waals surface area contributed by atoms with Crippen molar-refractivity contribution in [2.75, 3.05) is 23.1 Å². The van der Waals surface area contributed by atoms with E-state index in [-0.39, 0.29) is 18.2 Å². The minimum Gasteiger partial charge on any atom is -0.384 e. The molecule has 0 saturated heterocycles. The predicted molar refractivity (Wildman–Crippen MR) is 74.1 cm³/mol. The number of nitroso groups, excluding NO2 is 1. The van der Waals surface area contributed by atoms with Gasteiger partial charge in [0.1, 0.15) is 5.82 Å². The van der Waals surface area contributed by atoms with Crippen LogP contribution in [-0.4, -0.2) is 35.5 Å². The van der Waals surface area contributed by atoms with Gasteiger partial charge in [-0.15, -0.1) is 4.91 Å². The highest BCUT2D eigenvalue weighted by atomic mass is 32.2. The van der Waals surface area contributed by atoms with E-state index in [1.165, 1.54) is 0 Å². The summed E-state index contributed by atoms with van der Waals surface area (Å²) in [6.45, 7) is 0.0176. The van der Waals surface area contributed by atoms with E-state index >= 15 is 0 Å². The van der Waals surface area contributed by atoms with Crippen molar-refractivity contribution in [3.05, 3.63) is 23.1 Å². The molecule has 0 aliphatic carbocycles. The lowest BCUT2D eigenvalue weighted by Crippen LogP contribution is -2.14. The van der Waals surface area contributed by atoms with E-state index in [1.807, 2.05) is 5.48 Å². The fraction of sp³-hybridized carbons (Fsp3) is 0.200. The highest BCUT2D eigenvalue weighted by Crippen LogP contribution is 2.33. The van der Waals surface area contributed by atoms with Crippen LogP contribution in [0.15, 0.2) is 23.4 Å². The SMILES string of the molecule is O=Nc1[nH]c(NO)c2ccc(NCCS(=O)(=O)O)cc12. The van der Waals surface area contributed by atoms with Crippen molar-refractivity contribution in [3.8, 4) is 0 Å². The molecule has 1 aromatic carbocycles. The molecule has 0 atom stereocenters. The average Bonchev–Trinajstić information content (AvgIpc) is 2.74. The van der Waals surface area contributed by atoms with E-state index in [1.54, 1.807) is 18.2 Å². The van der Waals surface area contributed by atoms with Crippen LogP contribution in [0.4, 0.5) is 17.3 Å². The second-order valence-corrected chi connectivity index (χ2v) is 5.60. The van der Waals surface area contributed by atoms with Gasteiger partial charge >= 0.3 is 0 Å². The lowest BCUT2D eigenvalue weighted by molar-refractivity contribution is 0.387. The normalized spacial score (nSPS) is 11.5. The molecule has 108 valence electrons. The standard InChI is InChI=1S/C10H12N4O5S/c15-13-9-7-2-1-6(11-3-4-20(17,18)19)5-8(7)10(12-9)14-16/h1-2,5,11-13,15H,3-4H2,(H,17,18,19). The number of fused-ring (bicyclic) bond motifs is 1. The molecule has 0 fully saturated rings. The van der Waals surface area contributed by atoms with Crippen LogP contribution in [0.1, 0.15) is 0 Å². The first-order valence-electron chi connectivity index (χ1n) is 5.53. The molecule has 20 heavy (non-hydrogen) atoms. The Hall–Kier alpha value is -2.17. The highest BCUT2D eigenvalue weighted by molar-refractivity contribution is 7.85. The summed E-state index contributed by atoms with van der Waals surface area (Å²) in [6.07, 6.45) is 0. The molecule has 2 rings (SSSR count). The van der Waals surface area contributed by atoms with Gasteiger partial charge < -0.3 is 10.3 Å². The zero-order valence-corrected chi connectivity index (χ0v) is 10.9. The summed E-state index contributed by atoms with van der Waals surface area (Å²) in [5.41, 5.74) is 2.47. The molecular formula is C10H12N4O5S. The van der Waals surface area contributed by atoms with Gasteiger partial charge in [0.05, 0.1) is 5.75 Å². The Bertz CT molecular complexity index is 739. The number of nitrogens with zero attached hydrogens (tertiary/aromatic N) is 1. The third-order valence-electron chi connectivity index (χ3n) is 2.68. The molecule has 0 aliphatic heterocycles. The minimum atomic E-state index is -4.03. The predicted octanol–water partition coefficient (Wildman–Crippen LogP) is 1.67. The maximum absolute atomic E-state index is 10.7. The summed E-state index contributed by atoms with van der Waals surface area (Å²) in [5, 5.41) is 15.5. The Morgan fingerprint density at radius 1 is 1.30 bits per heavy atom. The number of nitrogens with one attached hydrogen (secondary N) is 3. The number of rotatable bonds is 6. The van der Waals surface area contributed by atoms with Gasteiger partial charge in [-0.1, -0.05) is 0 Å². The van der Waals surface area contributed by atoms with Gasteiger partial charge in [-0.25, -0.2) is 0 Å². The van der Waals surface area contributed by atoms with Crippen molar-refractivity contribution in [2.24, 2.45) is 5.18 Å². The number of hydrogen-bond acceptors (Lipinski definition) is 7. The van der Waals surface area contributed by atoms with Crippen LogP contribution in [0.2, 0.25) is 0 Å². The fourth-order valence-corrected chi connectivity index (χ4v) is 2.17. The Kier molecular flexibility index (Phi) is 3.88. The van der Waals surface area contributed by atoms with Gasteiger partial charge in [-0.2, -0.15) is 8.42 Å². The molecule has 0 aliphatic rings. The first-order chi connectivity index (χ1) is 9.44. The largest absolute Gasteiger partial charge is 0.384 e. The third kappa shape index (κ3) is 3.04. The van der Waals surface area contributed by atoms with Crippen molar-refractivity contribution in [2.45, 2.75) is 0 Å². The molecule has 10 heteroatoms. The molecule has 0 amide bonds. The summed E-state index contributed by atoms with van der Waals surface area (Å²) in [5.74, 6) is -0.158. The number of aromatic nitrogens is 1. The molecule has 0 bridgehead atoms. The molecule has 9 nitrogen and oxygen atoms in total. The van der Waals surface area contributed by atoms with Gasteiger partial charge in [0.2, 0.25) is 0 Å². The van der Waals surface area contributed by atoms with Gasteiger partial charge in [0.25, 0.3) is 10.1 Å². The van der Waals surface area contributed by atoms with E-state index in [0.717, 1.165) is 0 Å². The van der Waals surface area contributed by atoms with Crippen LogP contribution in [-0.2, 0) is 10.1 Å². The Morgan fingerprint density at radius 2 is 2.05 bits per heavy atom. The van der Waals surface area contributed by atoms with E-state index < -0.39 is 15.9 Å². The van der Waals surface area contributed by atoms with Crippen molar-refractivity contribution >= 4 is 38.2 Å². The van der Waals surface area contributed by atoms with Gasteiger partial charge in [-0.3, -0.25) is 15.2 Å². The second kappa shape index (κ2) is 5.45. The zero-order chi connectivity index (χ0) is 14.8. The van der Waals surface area contributed by atoms with Crippen molar-refractivity contribution in [3.63, 3.8) is 0 Å². The summed E-state index contributed by atoms with van der Waals surface area (Å²) in [4.78, 5) is 13.3. The lowest BCUT2D eigenvalue weighted by atomic mass is 10.2. The molecule has 0 unspecified atom stereocenters. The van der Waals surface area contributed by atoms with Crippen molar-refractivity contribution in [1.82, 2.24) is 4.98 Å². The van der Waals surface area contributed by atoms with Crippen molar-refractivity contribution in [1.29, 1.82) is 0 Å². The maximum Gasteiger partial charge on any atom is 0.266 e. The Balaban J connectivity index is 2.26. The van der Waals surface area contributed by atoms with Gasteiger partial charge in [0, 0.05) is 23.0 Å². The van der Waals surface area contributed by atoms with Crippen LogP contribution in [0.5, 0.6) is 0 Å². The summed E-state index contributed by atoms with van der Waals surface area (Å²) >= 11 is 0. The topological polar surface area (TPSA) is 144 Å². The Morgan fingerprint density at radius 3 is 2.65 bits per heavy atom. The number of H-pyrrole nitrogens is 1. The fourth-order valence-electron chi connectivity index (χ4n) is 1.81. The first-order valence-corrected chi connectivity index (χ1v) is 7.14. The van der Waals surface area contributed by atoms with Crippen LogP contribution in [0.3, 0.4) is 0 Å². The monoisotopic (exact) mass is 300 g/mol. The summed E-state index contributed by atoms with van der Waals surface area (Å²) in [6, 6.07) is 4.83.